The smallest absolute Gasteiger partial charge is 0.0852 e. The summed E-state index contributed by atoms with van der Waals surface area (Å²) in [5, 5.41) is 0. The lowest BCUT2D eigenvalue weighted by atomic mass is 9.87. The number of nitrogens with zero attached hydrogens (tertiary/aromatic N) is 1. The minimum absolute atomic E-state index is 0.0888. The van der Waals surface area contributed by atoms with E-state index in [1.54, 1.807) is 0 Å². The lowest BCUT2D eigenvalue weighted by Crippen LogP contribution is -2.06. The van der Waals surface area contributed by atoms with Crippen LogP contribution in [0.5, 0.6) is 0 Å². The van der Waals surface area contributed by atoms with Gasteiger partial charge in [0.1, 0.15) is 0 Å². The summed E-state index contributed by atoms with van der Waals surface area (Å²) < 4.78 is 0. The molecule has 0 fully saturated rings. The first-order valence-corrected chi connectivity index (χ1v) is 7.80. The summed E-state index contributed by atoms with van der Waals surface area (Å²) in [5.74, 6) is 1.06. The van der Waals surface area contributed by atoms with E-state index < -0.39 is 0 Å². The Kier molecular flexibility index (Phi) is 8.21. The third-order valence-electron chi connectivity index (χ3n) is 3.82. The summed E-state index contributed by atoms with van der Waals surface area (Å²) in [6.07, 6.45) is 11.4. The highest BCUT2D eigenvalue weighted by Gasteiger charge is 2.16. The molecule has 1 aliphatic carbocycles. The fourth-order valence-electron chi connectivity index (χ4n) is 1.51. The molecule has 0 bridgehead atoms. The molecular weight excluding hydrogens is 244 g/mol. The van der Waals surface area contributed by atoms with E-state index in [0.717, 1.165) is 17.8 Å². The number of hydrogen-bond donors (Lipinski definition) is 1. The van der Waals surface area contributed by atoms with Gasteiger partial charge in [-0.05, 0) is 30.4 Å². The lowest BCUT2D eigenvalue weighted by molar-refractivity contribution is 0.530. The van der Waals surface area contributed by atoms with Crippen molar-refractivity contribution in [2.45, 2.75) is 54.9 Å². The van der Waals surface area contributed by atoms with Crippen molar-refractivity contribution in [3.05, 3.63) is 35.7 Å². The Bertz CT molecular complexity index is 400. The minimum atomic E-state index is 0.0888. The lowest BCUT2D eigenvalue weighted by Gasteiger charge is -2.17. The van der Waals surface area contributed by atoms with Crippen LogP contribution < -0.4 is 5.73 Å². The van der Waals surface area contributed by atoms with Crippen LogP contribution >= 0.6 is 0 Å². The predicted molar refractivity (Wildman–Crippen MR) is 91.7 cm³/mol. The van der Waals surface area contributed by atoms with Crippen molar-refractivity contribution in [1.82, 2.24) is 0 Å². The topological polar surface area (TPSA) is 38.4 Å². The highest BCUT2D eigenvalue weighted by molar-refractivity contribution is 5.63. The van der Waals surface area contributed by atoms with Crippen LogP contribution in [0.4, 0.5) is 0 Å². The van der Waals surface area contributed by atoms with Crippen LogP contribution in [0.3, 0.4) is 0 Å². The zero-order valence-corrected chi connectivity index (χ0v) is 14.3. The van der Waals surface area contributed by atoms with Crippen molar-refractivity contribution in [2.75, 3.05) is 0 Å². The van der Waals surface area contributed by atoms with Crippen LogP contribution in [0.1, 0.15) is 54.9 Å². The maximum absolute atomic E-state index is 6.04. The summed E-state index contributed by atoms with van der Waals surface area (Å²) in [4.78, 5) is 4.54. The van der Waals surface area contributed by atoms with E-state index in [2.05, 4.69) is 51.8 Å². The van der Waals surface area contributed by atoms with Crippen LogP contribution in [-0.4, -0.2) is 6.21 Å². The van der Waals surface area contributed by atoms with Gasteiger partial charge in [0, 0.05) is 11.6 Å². The maximum Gasteiger partial charge on any atom is 0.0852 e. The maximum atomic E-state index is 6.04. The number of allylic oxidation sites excluding steroid dienone is 4. The second-order valence-electron chi connectivity index (χ2n) is 5.75. The third kappa shape index (κ3) is 5.77. The van der Waals surface area contributed by atoms with Gasteiger partial charge in [-0.3, -0.25) is 4.99 Å². The molecule has 0 aromatic carbocycles. The molecule has 1 rings (SSSR count). The van der Waals surface area contributed by atoms with Crippen molar-refractivity contribution in [3.63, 3.8) is 0 Å². The standard InChI is InChI=1S/C16H26N2.C2H6/c1-6-16(5)9-7-14(17)15(8-10-16)18-11-13(4)12(2)3;1-2/h7-13H,6,17H2,1-5H3;1-2H3. The van der Waals surface area contributed by atoms with Gasteiger partial charge in [-0.2, -0.15) is 0 Å². The molecule has 2 atom stereocenters. The van der Waals surface area contributed by atoms with E-state index in [4.69, 9.17) is 5.73 Å². The first-order chi connectivity index (χ1) is 9.38. The van der Waals surface area contributed by atoms with E-state index in [-0.39, 0.29) is 5.41 Å². The second-order valence-corrected chi connectivity index (χ2v) is 5.75. The predicted octanol–water partition coefficient (Wildman–Crippen LogP) is 5.09. The van der Waals surface area contributed by atoms with Crippen LogP contribution in [0.15, 0.2) is 40.7 Å². The average Bonchev–Trinajstić information content (AvgIpc) is 2.59. The Morgan fingerprint density at radius 2 is 1.75 bits per heavy atom. The Morgan fingerprint density at radius 1 is 1.20 bits per heavy atom. The van der Waals surface area contributed by atoms with Crippen LogP contribution in [0, 0.1) is 17.3 Å². The molecular formula is C18H32N2. The normalized spacial score (nSPS) is 23.8. The van der Waals surface area contributed by atoms with Gasteiger partial charge in [-0.25, -0.2) is 0 Å². The Balaban J connectivity index is 0.00000172. The number of aliphatic imine (C=N–C) groups is 1. The molecule has 2 N–H and O–H groups in total. The molecule has 0 aliphatic heterocycles. The van der Waals surface area contributed by atoms with Gasteiger partial charge in [0.05, 0.1) is 11.4 Å². The molecule has 2 nitrogen and oxygen atoms in total. The molecule has 0 spiro atoms. The van der Waals surface area contributed by atoms with E-state index in [1.807, 2.05) is 32.2 Å². The highest BCUT2D eigenvalue weighted by Crippen LogP contribution is 2.28. The molecule has 0 aromatic heterocycles. The van der Waals surface area contributed by atoms with Crippen LogP contribution in [0.25, 0.3) is 0 Å². The van der Waals surface area contributed by atoms with Crippen molar-refractivity contribution >= 4 is 6.21 Å². The minimum Gasteiger partial charge on any atom is -0.397 e. The first-order valence-electron chi connectivity index (χ1n) is 7.80. The van der Waals surface area contributed by atoms with Gasteiger partial charge < -0.3 is 5.73 Å². The molecule has 0 radical (unpaired) electrons. The van der Waals surface area contributed by atoms with E-state index >= 15 is 0 Å². The highest BCUT2D eigenvalue weighted by atomic mass is 14.8. The van der Waals surface area contributed by atoms with Crippen molar-refractivity contribution < 1.29 is 0 Å². The van der Waals surface area contributed by atoms with E-state index in [0.29, 0.717) is 11.8 Å². The monoisotopic (exact) mass is 276 g/mol. The molecule has 2 unspecified atom stereocenters. The molecule has 20 heavy (non-hydrogen) atoms. The van der Waals surface area contributed by atoms with Gasteiger partial charge in [-0.15, -0.1) is 0 Å². The summed E-state index contributed by atoms with van der Waals surface area (Å²) in [6, 6.07) is 0. The van der Waals surface area contributed by atoms with E-state index in [1.165, 1.54) is 0 Å². The van der Waals surface area contributed by atoms with Gasteiger partial charge in [0.15, 0.2) is 0 Å². The molecule has 0 amide bonds. The van der Waals surface area contributed by atoms with Gasteiger partial charge in [-0.1, -0.05) is 60.6 Å². The van der Waals surface area contributed by atoms with Gasteiger partial charge >= 0.3 is 0 Å². The van der Waals surface area contributed by atoms with Crippen molar-refractivity contribution in [3.8, 4) is 0 Å². The van der Waals surface area contributed by atoms with Gasteiger partial charge in [0.25, 0.3) is 0 Å². The van der Waals surface area contributed by atoms with Crippen LogP contribution in [-0.2, 0) is 0 Å². The Hall–Kier alpha value is -1.31. The number of hydrogen-bond acceptors (Lipinski definition) is 2. The number of nitrogens with two attached hydrogens (primary N) is 1. The molecule has 2 heteroatoms. The zero-order chi connectivity index (χ0) is 15.8. The third-order valence-corrected chi connectivity index (χ3v) is 3.82. The van der Waals surface area contributed by atoms with Crippen LogP contribution in [0.2, 0.25) is 0 Å². The number of rotatable bonds is 4. The summed E-state index contributed by atoms with van der Waals surface area (Å²) >= 11 is 0. The average molecular weight is 276 g/mol. The van der Waals surface area contributed by atoms with Crippen molar-refractivity contribution in [2.24, 2.45) is 28.0 Å². The molecule has 1 aliphatic rings. The molecule has 0 heterocycles. The molecule has 0 saturated heterocycles. The Labute approximate surface area is 125 Å². The summed E-state index contributed by atoms with van der Waals surface area (Å²) in [5.41, 5.74) is 7.75. The Morgan fingerprint density at radius 3 is 2.25 bits per heavy atom. The largest absolute Gasteiger partial charge is 0.397 e. The van der Waals surface area contributed by atoms with Crippen molar-refractivity contribution in [1.29, 1.82) is 0 Å². The second kappa shape index (κ2) is 8.78. The molecule has 0 aromatic rings. The fraction of sp³-hybridized carbons (Fsp3) is 0.611. The zero-order valence-electron chi connectivity index (χ0n) is 14.3. The first kappa shape index (κ1) is 18.7. The SMILES string of the molecule is CC.CCC1(C)C=CC(N)=C(N=CC(C)C(C)C)C=C1. The fourth-order valence-corrected chi connectivity index (χ4v) is 1.51. The molecule has 114 valence electrons. The molecule has 0 saturated carbocycles. The quantitative estimate of drug-likeness (QED) is 0.714. The van der Waals surface area contributed by atoms with Gasteiger partial charge in [0.2, 0.25) is 0 Å². The van der Waals surface area contributed by atoms with E-state index in [9.17, 15) is 0 Å². The summed E-state index contributed by atoms with van der Waals surface area (Å²) in [6.45, 7) is 15.0. The summed E-state index contributed by atoms with van der Waals surface area (Å²) in [7, 11) is 0.